The average Bonchev–Trinajstić information content (AvgIpc) is 2.64. The smallest absolute Gasteiger partial charge is 0.107 e. The van der Waals surface area contributed by atoms with Crippen LogP contribution in [0.15, 0.2) is 28.9 Å². The summed E-state index contributed by atoms with van der Waals surface area (Å²) >= 11 is 8.56. The average molecular weight is 339 g/mol. The first-order valence-corrected chi connectivity index (χ1v) is 7.00. The first-order valence-electron chi connectivity index (χ1n) is 5.80. The topological polar surface area (TPSA) is 55.9 Å². The van der Waals surface area contributed by atoms with Crippen LogP contribution in [-0.4, -0.2) is 14.8 Å². The summed E-state index contributed by atoms with van der Waals surface area (Å²) in [4.78, 5) is 0.373. The summed E-state index contributed by atoms with van der Waals surface area (Å²) in [5, 5.41) is 7.67. The number of hydrogen-bond acceptors (Lipinski definition) is 3. The van der Waals surface area contributed by atoms with Crippen LogP contribution < -0.4 is 11.1 Å². The van der Waals surface area contributed by atoms with Crippen molar-refractivity contribution in [3.05, 3.63) is 45.7 Å². The first kappa shape index (κ1) is 14.0. The van der Waals surface area contributed by atoms with Gasteiger partial charge >= 0.3 is 0 Å². The van der Waals surface area contributed by atoms with Crippen LogP contribution in [0.3, 0.4) is 0 Å². The van der Waals surface area contributed by atoms with Gasteiger partial charge in [-0.05, 0) is 35.0 Å². The molecule has 2 aromatic rings. The molecule has 19 heavy (non-hydrogen) atoms. The minimum Gasteiger partial charge on any atom is -0.389 e. The van der Waals surface area contributed by atoms with Gasteiger partial charge in [0.1, 0.15) is 4.99 Å². The molecule has 1 aromatic carbocycles. The molecular weight excluding hydrogens is 324 g/mol. The number of halogens is 1. The van der Waals surface area contributed by atoms with E-state index >= 15 is 0 Å². The Morgan fingerprint density at radius 1 is 1.53 bits per heavy atom. The Hall–Kier alpha value is -1.40. The van der Waals surface area contributed by atoms with Gasteiger partial charge < -0.3 is 11.1 Å². The Balaban J connectivity index is 2.22. The monoisotopic (exact) mass is 338 g/mol. The fraction of sp³-hybridized carbons (Fsp3) is 0.231. The number of hydrogen-bond donors (Lipinski definition) is 2. The van der Waals surface area contributed by atoms with Gasteiger partial charge in [-0.25, -0.2) is 0 Å². The number of nitrogens with one attached hydrogen (secondary N) is 1. The van der Waals surface area contributed by atoms with Crippen molar-refractivity contribution in [2.75, 3.05) is 5.32 Å². The number of anilines is 1. The number of rotatable bonds is 4. The van der Waals surface area contributed by atoms with Crippen LogP contribution in [0.2, 0.25) is 0 Å². The zero-order valence-electron chi connectivity index (χ0n) is 10.8. The molecule has 0 aliphatic heterocycles. The molecule has 0 aliphatic rings. The summed E-state index contributed by atoms with van der Waals surface area (Å²) in [6, 6.07) is 5.84. The highest BCUT2D eigenvalue weighted by atomic mass is 79.9. The van der Waals surface area contributed by atoms with Gasteiger partial charge in [-0.1, -0.05) is 18.3 Å². The Labute approximate surface area is 126 Å². The van der Waals surface area contributed by atoms with Gasteiger partial charge in [0.15, 0.2) is 0 Å². The van der Waals surface area contributed by atoms with Crippen LogP contribution in [0.5, 0.6) is 0 Å². The van der Waals surface area contributed by atoms with Crippen molar-refractivity contribution in [3.8, 4) is 0 Å². The molecule has 0 spiro atoms. The van der Waals surface area contributed by atoms with E-state index in [4.69, 9.17) is 18.0 Å². The van der Waals surface area contributed by atoms with E-state index in [1.807, 2.05) is 43.0 Å². The lowest BCUT2D eigenvalue weighted by Gasteiger charge is -2.12. The lowest BCUT2D eigenvalue weighted by atomic mass is 10.1. The number of nitrogens with zero attached hydrogens (tertiary/aromatic N) is 2. The molecule has 4 nitrogen and oxygen atoms in total. The van der Waals surface area contributed by atoms with E-state index in [1.165, 1.54) is 0 Å². The maximum Gasteiger partial charge on any atom is 0.107 e. The van der Waals surface area contributed by atoms with Crippen LogP contribution in [-0.2, 0) is 13.6 Å². The summed E-state index contributed by atoms with van der Waals surface area (Å²) in [5.41, 5.74) is 9.68. The van der Waals surface area contributed by atoms with Crippen LogP contribution in [0.25, 0.3) is 0 Å². The van der Waals surface area contributed by atoms with Crippen LogP contribution in [0.4, 0.5) is 5.69 Å². The molecule has 0 unspecified atom stereocenters. The van der Waals surface area contributed by atoms with Crippen molar-refractivity contribution < 1.29 is 0 Å². The quantitative estimate of drug-likeness (QED) is 0.841. The zero-order chi connectivity index (χ0) is 14.0. The molecule has 1 aromatic heterocycles. The van der Waals surface area contributed by atoms with Crippen LogP contribution in [0.1, 0.15) is 16.8 Å². The van der Waals surface area contributed by atoms with Gasteiger partial charge in [-0.2, -0.15) is 5.10 Å². The molecule has 0 bridgehead atoms. The SMILES string of the molecule is Cc1nn(C)cc1CNc1cccc(Br)c1C(N)=S. The van der Waals surface area contributed by atoms with Crippen molar-refractivity contribution in [2.24, 2.45) is 12.8 Å². The van der Waals surface area contributed by atoms with E-state index < -0.39 is 0 Å². The Morgan fingerprint density at radius 3 is 2.84 bits per heavy atom. The summed E-state index contributed by atoms with van der Waals surface area (Å²) in [7, 11) is 1.91. The highest BCUT2D eigenvalue weighted by Crippen LogP contribution is 2.25. The van der Waals surface area contributed by atoms with E-state index in [2.05, 4.69) is 26.3 Å². The van der Waals surface area contributed by atoms with Crippen molar-refractivity contribution in [3.63, 3.8) is 0 Å². The molecule has 0 amide bonds. The van der Waals surface area contributed by atoms with Gasteiger partial charge in [-0.3, -0.25) is 4.68 Å². The summed E-state index contributed by atoms with van der Waals surface area (Å²) in [5.74, 6) is 0. The lowest BCUT2D eigenvalue weighted by molar-refractivity contribution is 0.756. The minimum absolute atomic E-state index is 0.373. The Morgan fingerprint density at radius 2 is 2.26 bits per heavy atom. The summed E-state index contributed by atoms with van der Waals surface area (Å²) < 4.78 is 2.70. The van der Waals surface area contributed by atoms with E-state index in [9.17, 15) is 0 Å². The van der Waals surface area contributed by atoms with E-state index in [-0.39, 0.29) is 0 Å². The largest absolute Gasteiger partial charge is 0.389 e. The molecular formula is C13H15BrN4S. The van der Waals surface area contributed by atoms with Crippen molar-refractivity contribution in [1.82, 2.24) is 9.78 Å². The van der Waals surface area contributed by atoms with Gasteiger partial charge in [0.2, 0.25) is 0 Å². The molecule has 0 saturated heterocycles. The second-order valence-electron chi connectivity index (χ2n) is 4.29. The number of thiocarbonyl (C=S) groups is 1. The second-order valence-corrected chi connectivity index (χ2v) is 5.59. The van der Waals surface area contributed by atoms with Gasteiger partial charge in [-0.15, -0.1) is 0 Å². The molecule has 0 saturated carbocycles. The van der Waals surface area contributed by atoms with E-state index in [1.54, 1.807) is 0 Å². The molecule has 0 radical (unpaired) electrons. The Kier molecular flexibility index (Phi) is 4.21. The minimum atomic E-state index is 0.373. The number of aromatic nitrogens is 2. The van der Waals surface area contributed by atoms with Gasteiger partial charge in [0, 0.05) is 41.1 Å². The molecule has 2 rings (SSSR count). The van der Waals surface area contributed by atoms with E-state index in [0.717, 1.165) is 27.0 Å². The van der Waals surface area contributed by atoms with Crippen molar-refractivity contribution in [1.29, 1.82) is 0 Å². The fourth-order valence-electron chi connectivity index (χ4n) is 1.93. The predicted octanol–water partition coefficient (Wildman–Crippen LogP) is 2.74. The van der Waals surface area contributed by atoms with Crippen molar-refractivity contribution in [2.45, 2.75) is 13.5 Å². The molecule has 100 valence electrons. The van der Waals surface area contributed by atoms with Crippen LogP contribution in [0, 0.1) is 6.92 Å². The fourth-order valence-corrected chi connectivity index (χ4v) is 2.87. The lowest BCUT2D eigenvalue weighted by Crippen LogP contribution is -2.14. The highest BCUT2D eigenvalue weighted by molar-refractivity contribution is 9.10. The standard InChI is InChI=1S/C13H15BrN4S/c1-8-9(7-18(2)17-8)6-16-11-5-3-4-10(14)12(11)13(15)19/h3-5,7,16H,6H2,1-2H3,(H2,15,19). The highest BCUT2D eigenvalue weighted by Gasteiger charge is 2.10. The van der Waals surface area contributed by atoms with Gasteiger partial charge in [0.05, 0.1) is 5.69 Å². The number of benzene rings is 1. The zero-order valence-corrected chi connectivity index (χ0v) is 13.2. The molecule has 6 heteroatoms. The van der Waals surface area contributed by atoms with E-state index in [0.29, 0.717) is 11.5 Å². The molecule has 0 fully saturated rings. The second kappa shape index (κ2) is 5.71. The van der Waals surface area contributed by atoms with Gasteiger partial charge in [0.25, 0.3) is 0 Å². The third kappa shape index (κ3) is 3.13. The first-order chi connectivity index (χ1) is 8.99. The summed E-state index contributed by atoms with van der Waals surface area (Å²) in [6.07, 6.45) is 2.00. The maximum absolute atomic E-state index is 5.76. The predicted molar refractivity (Wildman–Crippen MR) is 85.3 cm³/mol. The number of aryl methyl sites for hydroxylation is 2. The molecule has 0 atom stereocenters. The molecule has 0 aliphatic carbocycles. The third-order valence-electron chi connectivity index (χ3n) is 2.84. The van der Waals surface area contributed by atoms with Crippen LogP contribution >= 0.6 is 28.1 Å². The molecule has 1 heterocycles. The van der Waals surface area contributed by atoms with Crippen molar-refractivity contribution >= 4 is 38.8 Å². The maximum atomic E-state index is 5.76. The Bertz CT molecular complexity index is 621. The third-order valence-corrected chi connectivity index (χ3v) is 3.71. The molecule has 3 N–H and O–H groups in total. The summed E-state index contributed by atoms with van der Waals surface area (Å²) in [6.45, 7) is 2.68. The normalized spacial score (nSPS) is 10.5. The number of nitrogens with two attached hydrogens (primary N) is 1.